The zero-order chi connectivity index (χ0) is 29.5. The van der Waals surface area contributed by atoms with Gasteiger partial charge in [0, 0.05) is 26.2 Å². The zero-order valence-corrected chi connectivity index (χ0v) is 26.1. The first-order chi connectivity index (χ1) is 20.4. The molecule has 0 radical (unpaired) electrons. The second-order valence-corrected chi connectivity index (χ2v) is 12.4. The fourth-order valence-electron chi connectivity index (χ4n) is 6.92. The number of unbranched alkanes of at least 4 members (excludes halogenated alkanes) is 1. The van der Waals surface area contributed by atoms with Crippen molar-refractivity contribution in [1.29, 1.82) is 0 Å². The topological polar surface area (TPSA) is 99.2 Å². The Kier molecular flexibility index (Phi) is 11.5. The number of nitrogens with one attached hydrogen (secondary N) is 1. The molecule has 9 heteroatoms. The maximum Gasteiger partial charge on any atom is 0.335 e. The van der Waals surface area contributed by atoms with Crippen molar-refractivity contribution >= 4 is 30.2 Å². The Morgan fingerprint density at radius 2 is 1.74 bits per heavy atom. The summed E-state index contributed by atoms with van der Waals surface area (Å²) in [7, 11) is 0. The van der Waals surface area contributed by atoms with Crippen LogP contribution in [0.5, 0.6) is 5.75 Å². The van der Waals surface area contributed by atoms with Gasteiger partial charge in [0.1, 0.15) is 23.9 Å². The van der Waals surface area contributed by atoms with Crippen molar-refractivity contribution in [2.24, 2.45) is 5.92 Å². The number of carboxylic acid groups (broad SMARTS) is 1. The Balaban J connectivity index is 0.00000423. The molecule has 0 unspecified atom stereocenters. The minimum atomic E-state index is -0.951. The summed E-state index contributed by atoms with van der Waals surface area (Å²) in [6.07, 6.45) is 10.1. The highest BCUT2D eigenvalue weighted by molar-refractivity contribution is 6.00. The van der Waals surface area contributed by atoms with Gasteiger partial charge in [0.2, 0.25) is 11.8 Å². The average molecular weight is 612 g/mol. The maximum atomic E-state index is 13.8. The molecule has 2 aromatic rings. The van der Waals surface area contributed by atoms with Crippen LogP contribution in [-0.2, 0) is 22.7 Å². The van der Waals surface area contributed by atoms with Crippen LogP contribution >= 0.6 is 12.4 Å². The smallest absolute Gasteiger partial charge is 0.335 e. The largest absolute Gasteiger partial charge is 0.489 e. The Labute approximate surface area is 261 Å². The monoisotopic (exact) mass is 611 g/mol. The van der Waals surface area contributed by atoms with E-state index in [-0.39, 0.29) is 35.8 Å². The highest BCUT2D eigenvalue weighted by atomic mass is 35.5. The van der Waals surface area contributed by atoms with Crippen LogP contribution in [-0.4, -0.2) is 63.9 Å². The highest BCUT2D eigenvalue weighted by Crippen LogP contribution is 2.36. The number of halogens is 1. The number of nitrogens with zero attached hydrogens (tertiary/aromatic N) is 2. The van der Waals surface area contributed by atoms with E-state index in [0.29, 0.717) is 31.9 Å². The molecule has 2 heterocycles. The van der Waals surface area contributed by atoms with Gasteiger partial charge in [-0.1, -0.05) is 69.7 Å². The molecule has 5 rings (SSSR count). The van der Waals surface area contributed by atoms with Gasteiger partial charge in [-0.25, -0.2) is 4.79 Å². The van der Waals surface area contributed by atoms with Crippen LogP contribution in [0.3, 0.4) is 0 Å². The molecule has 2 aromatic carbocycles. The van der Waals surface area contributed by atoms with E-state index in [1.54, 1.807) is 18.2 Å². The summed E-state index contributed by atoms with van der Waals surface area (Å²) >= 11 is 0. The molecule has 43 heavy (non-hydrogen) atoms. The van der Waals surface area contributed by atoms with Crippen molar-refractivity contribution in [1.82, 2.24) is 15.1 Å². The van der Waals surface area contributed by atoms with Crippen LogP contribution < -0.4 is 10.1 Å². The third-order valence-electron chi connectivity index (χ3n) is 9.43. The van der Waals surface area contributed by atoms with E-state index < -0.39 is 11.5 Å². The SMILES string of the molecule is CCCCN1C(=O)[C@H](CC2CCCCC2)NC(=O)C12CCN(Cc1ccc(OCc3cccc(C(=O)O)c3)cc1)CC2.Cl. The number of aromatic carboxylic acids is 1. The third-order valence-corrected chi connectivity index (χ3v) is 9.43. The fourth-order valence-corrected chi connectivity index (χ4v) is 6.92. The Hall–Kier alpha value is -3.10. The van der Waals surface area contributed by atoms with Crippen LogP contribution in [0.25, 0.3) is 0 Å². The maximum absolute atomic E-state index is 13.8. The summed E-state index contributed by atoms with van der Waals surface area (Å²) in [4.78, 5) is 43.0. The second kappa shape index (κ2) is 15.1. The minimum absolute atomic E-state index is 0. The summed E-state index contributed by atoms with van der Waals surface area (Å²) in [5.41, 5.74) is 1.48. The second-order valence-electron chi connectivity index (χ2n) is 12.4. The van der Waals surface area contributed by atoms with E-state index >= 15 is 0 Å². The van der Waals surface area contributed by atoms with Crippen molar-refractivity contribution in [3.8, 4) is 5.75 Å². The van der Waals surface area contributed by atoms with Crippen LogP contribution in [0, 0.1) is 5.92 Å². The number of rotatable bonds is 11. The molecular formula is C34H46ClN3O5. The number of carbonyl (C=O) groups is 3. The molecule has 2 saturated heterocycles. The Bertz CT molecular complexity index is 1240. The first-order valence-electron chi connectivity index (χ1n) is 15.8. The van der Waals surface area contributed by atoms with Crippen molar-refractivity contribution in [3.63, 3.8) is 0 Å². The lowest BCUT2D eigenvalue weighted by Gasteiger charge is -2.52. The lowest BCUT2D eigenvalue weighted by Crippen LogP contribution is -2.73. The summed E-state index contributed by atoms with van der Waals surface area (Å²) < 4.78 is 5.88. The van der Waals surface area contributed by atoms with E-state index in [2.05, 4.69) is 17.1 Å². The van der Waals surface area contributed by atoms with E-state index in [4.69, 9.17) is 4.74 Å². The molecule has 1 atom stereocenters. The molecule has 1 aliphatic carbocycles. The van der Waals surface area contributed by atoms with Crippen LogP contribution in [0.15, 0.2) is 48.5 Å². The van der Waals surface area contributed by atoms with Crippen molar-refractivity contribution in [3.05, 3.63) is 65.2 Å². The number of hydrogen-bond acceptors (Lipinski definition) is 5. The van der Waals surface area contributed by atoms with Crippen LogP contribution in [0.2, 0.25) is 0 Å². The summed E-state index contributed by atoms with van der Waals surface area (Å²) in [6, 6.07) is 14.4. The summed E-state index contributed by atoms with van der Waals surface area (Å²) in [5.74, 6) is 0.495. The molecule has 1 saturated carbocycles. The van der Waals surface area contributed by atoms with E-state index in [1.165, 1.54) is 32.1 Å². The van der Waals surface area contributed by atoms with Crippen LogP contribution in [0.4, 0.5) is 0 Å². The van der Waals surface area contributed by atoms with Gasteiger partial charge in [-0.3, -0.25) is 14.5 Å². The van der Waals surface area contributed by atoms with Gasteiger partial charge in [0.15, 0.2) is 0 Å². The Morgan fingerprint density at radius 3 is 2.42 bits per heavy atom. The number of piperazine rings is 1. The molecule has 8 nitrogen and oxygen atoms in total. The lowest BCUT2D eigenvalue weighted by molar-refractivity contribution is -0.162. The third kappa shape index (κ3) is 7.90. The number of amides is 2. The normalized spacial score (nSPS) is 20.9. The van der Waals surface area contributed by atoms with Crippen molar-refractivity contribution in [2.45, 2.75) is 95.9 Å². The average Bonchev–Trinajstić information content (AvgIpc) is 3.01. The first kappa shape index (κ1) is 32.8. The molecule has 2 N–H and O–H groups in total. The van der Waals surface area contributed by atoms with Gasteiger partial charge in [-0.05, 0) is 67.0 Å². The Morgan fingerprint density at radius 1 is 1.02 bits per heavy atom. The van der Waals surface area contributed by atoms with Gasteiger partial charge in [0.05, 0.1) is 5.56 Å². The number of hydrogen-bond donors (Lipinski definition) is 2. The molecule has 234 valence electrons. The van der Waals surface area contributed by atoms with Crippen molar-refractivity contribution in [2.75, 3.05) is 19.6 Å². The number of ether oxygens (including phenoxy) is 1. The molecular weight excluding hydrogens is 566 g/mol. The predicted molar refractivity (Wildman–Crippen MR) is 168 cm³/mol. The van der Waals surface area contributed by atoms with Crippen molar-refractivity contribution < 1.29 is 24.2 Å². The minimum Gasteiger partial charge on any atom is -0.489 e. The molecule has 3 fully saturated rings. The van der Waals surface area contributed by atoms with Gasteiger partial charge in [-0.2, -0.15) is 0 Å². The van der Waals surface area contributed by atoms with Gasteiger partial charge >= 0.3 is 5.97 Å². The highest BCUT2D eigenvalue weighted by Gasteiger charge is 2.53. The number of benzene rings is 2. The standard InChI is InChI=1S/C34H45N3O5.ClH/c1-2-3-18-37-31(38)30(22-25-8-5-4-6-9-25)35-33(41)34(37)16-19-36(20-17-34)23-26-12-14-29(15-13-26)42-24-27-10-7-11-28(21-27)32(39)40;/h7,10-15,21,25,30H,2-6,8-9,16-20,22-24H2,1H3,(H,35,41)(H,39,40);1H/t30-;/m0./s1. The van der Waals surface area contributed by atoms with Gasteiger partial charge in [0.25, 0.3) is 0 Å². The van der Waals surface area contributed by atoms with E-state index in [9.17, 15) is 19.5 Å². The lowest BCUT2D eigenvalue weighted by atomic mass is 9.79. The molecule has 2 amide bonds. The quantitative estimate of drug-likeness (QED) is 0.332. The molecule has 2 aliphatic heterocycles. The first-order valence-corrected chi connectivity index (χ1v) is 15.8. The number of carbonyl (C=O) groups excluding carboxylic acids is 2. The van der Waals surface area contributed by atoms with Crippen LogP contribution in [0.1, 0.15) is 92.6 Å². The van der Waals surface area contributed by atoms with E-state index in [1.807, 2.05) is 35.2 Å². The molecule has 1 spiro atoms. The van der Waals surface area contributed by atoms with E-state index in [0.717, 1.165) is 55.8 Å². The molecule has 3 aliphatic rings. The molecule has 0 bridgehead atoms. The summed E-state index contributed by atoms with van der Waals surface area (Å²) in [5, 5.41) is 12.4. The number of carboxylic acids is 1. The predicted octanol–water partition coefficient (Wildman–Crippen LogP) is 5.82. The van der Waals surface area contributed by atoms with Gasteiger partial charge < -0.3 is 20.1 Å². The number of piperidine rings is 1. The fraction of sp³-hybridized carbons (Fsp3) is 0.559. The zero-order valence-electron chi connectivity index (χ0n) is 25.3. The summed E-state index contributed by atoms with van der Waals surface area (Å²) in [6.45, 7) is 5.38. The number of likely N-dealkylation sites (tertiary alicyclic amines) is 1. The molecule has 0 aromatic heterocycles. The van der Waals surface area contributed by atoms with Gasteiger partial charge in [-0.15, -0.1) is 12.4 Å².